The number of nitro benzene ring substituents is 2. The lowest BCUT2D eigenvalue weighted by Gasteiger charge is -2.07. The Balaban J connectivity index is 2.34. The van der Waals surface area contributed by atoms with Crippen molar-refractivity contribution >= 4 is 22.9 Å². The smallest absolute Gasteiger partial charge is 0.315 e. The molecule has 10 nitrogen and oxygen atoms in total. The number of non-ortho nitro benzene ring substituents is 1. The van der Waals surface area contributed by atoms with Crippen LogP contribution >= 0.6 is 0 Å². The molecule has 0 aliphatic rings. The van der Waals surface area contributed by atoms with E-state index in [2.05, 4.69) is 0 Å². The minimum atomic E-state index is -0.892. The third-order valence-corrected chi connectivity index (χ3v) is 3.50. The standard InChI is InChI=1S/C16H12N2O8/c1-26-11-6-12(16(21)13(7-11)18(24)25)15(20)8-14(19)9-3-2-4-10(5-9)17(22)23/h2-7,21H,8H2,1H3. The first kappa shape index (κ1) is 18.5. The van der Waals surface area contributed by atoms with Crippen LogP contribution in [0.4, 0.5) is 11.4 Å². The fourth-order valence-corrected chi connectivity index (χ4v) is 2.20. The monoisotopic (exact) mass is 360 g/mol. The van der Waals surface area contributed by atoms with Crippen LogP contribution in [0.2, 0.25) is 0 Å². The average Bonchev–Trinajstić information content (AvgIpc) is 2.61. The van der Waals surface area contributed by atoms with Crippen molar-refractivity contribution in [1.82, 2.24) is 0 Å². The number of methoxy groups -OCH3 is 1. The second-order valence-electron chi connectivity index (χ2n) is 5.13. The number of rotatable bonds is 7. The van der Waals surface area contributed by atoms with Gasteiger partial charge in [-0.25, -0.2) is 0 Å². The minimum absolute atomic E-state index is 0.0411. The molecule has 2 aromatic carbocycles. The molecule has 0 radical (unpaired) electrons. The number of nitro groups is 2. The van der Waals surface area contributed by atoms with Crippen LogP contribution in [-0.4, -0.2) is 33.6 Å². The fourth-order valence-electron chi connectivity index (χ4n) is 2.20. The number of carbonyl (C=O) groups excluding carboxylic acids is 2. The number of aromatic hydroxyl groups is 1. The van der Waals surface area contributed by atoms with Crippen LogP contribution in [-0.2, 0) is 0 Å². The van der Waals surface area contributed by atoms with E-state index >= 15 is 0 Å². The molecule has 26 heavy (non-hydrogen) atoms. The Morgan fingerprint density at radius 3 is 2.35 bits per heavy atom. The summed E-state index contributed by atoms with van der Waals surface area (Å²) in [4.78, 5) is 44.6. The summed E-state index contributed by atoms with van der Waals surface area (Å²) in [5.41, 5.74) is -1.57. The summed E-state index contributed by atoms with van der Waals surface area (Å²) in [5.74, 6) is -2.54. The second kappa shape index (κ2) is 7.38. The number of hydrogen-bond acceptors (Lipinski definition) is 8. The van der Waals surface area contributed by atoms with Gasteiger partial charge in [0.05, 0.1) is 35.0 Å². The molecule has 0 fully saturated rings. The molecule has 0 heterocycles. The molecule has 0 aliphatic carbocycles. The predicted octanol–water partition coefficient (Wildman–Crippen LogP) is 2.67. The van der Waals surface area contributed by atoms with Crippen LogP contribution in [0, 0.1) is 20.2 Å². The van der Waals surface area contributed by atoms with Crippen molar-refractivity contribution in [3.8, 4) is 11.5 Å². The van der Waals surface area contributed by atoms with E-state index < -0.39 is 44.8 Å². The van der Waals surface area contributed by atoms with Crippen LogP contribution in [0.25, 0.3) is 0 Å². The SMILES string of the molecule is COc1cc(C(=O)CC(=O)c2cccc([N+](=O)[O-])c2)c(O)c([N+](=O)[O-])c1. The highest BCUT2D eigenvalue weighted by atomic mass is 16.6. The van der Waals surface area contributed by atoms with Gasteiger partial charge in [-0.15, -0.1) is 0 Å². The first-order chi connectivity index (χ1) is 12.2. The summed E-state index contributed by atoms with van der Waals surface area (Å²) < 4.78 is 4.85. The Labute approximate surface area is 145 Å². The van der Waals surface area contributed by atoms with Gasteiger partial charge in [-0.2, -0.15) is 0 Å². The molecule has 0 bridgehead atoms. The Kier molecular flexibility index (Phi) is 5.26. The molecular weight excluding hydrogens is 348 g/mol. The molecule has 0 aliphatic heterocycles. The van der Waals surface area contributed by atoms with E-state index in [1.165, 1.54) is 25.3 Å². The highest BCUT2D eigenvalue weighted by Gasteiger charge is 2.25. The Morgan fingerprint density at radius 1 is 1.08 bits per heavy atom. The summed E-state index contributed by atoms with van der Waals surface area (Å²) in [6, 6.07) is 6.82. The predicted molar refractivity (Wildman–Crippen MR) is 87.7 cm³/mol. The molecule has 0 aromatic heterocycles. The van der Waals surface area contributed by atoms with Gasteiger partial charge in [0.15, 0.2) is 11.6 Å². The molecule has 0 spiro atoms. The number of Topliss-reactive ketones (excluding diaryl/α,β-unsaturated/α-hetero) is 2. The summed E-state index contributed by atoms with van der Waals surface area (Å²) >= 11 is 0. The van der Waals surface area contributed by atoms with Crippen molar-refractivity contribution in [3.05, 3.63) is 67.8 Å². The molecule has 0 saturated carbocycles. The molecule has 10 heteroatoms. The van der Waals surface area contributed by atoms with Gasteiger partial charge in [0.2, 0.25) is 5.75 Å². The van der Waals surface area contributed by atoms with Crippen molar-refractivity contribution in [2.24, 2.45) is 0 Å². The average molecular weight is 360 g/mol. The van der Waals surface area contributed by atoms with Gasteiger partial charge in [0.25, 0.3) is 5.69 Å². The Hall–Kier alpha value is -3.82. The topological polar surface area (TPSA) is 150 Å². The van der Waals surface area contributed by atoms with E-state index in [1.54, 1.807) is 0 Å². The van der Waals surface area contributed by atoms with Crippen LogP contribution in [0.1, 0.15) is 27.1 Å². The number of benzene rings is 2. The van der Waals surface area contributed by atoms with Crippen LogP contribution in [0.5, 0.6) is 11.5 Å². The summed E-state index contributed by atoms with van der Waals surface area (Å²) in [7, 11) is 1.22. The quantitative estimate of drug-likeness (QED) is 0.342. The van der Waals surface area contributed by atoms with Gasteiger partial charge >= 0.3 is 5.69 Å². The zero-order valence-electron chi connectivity index (χ0n) is 13.4. The van der Waals surface area contributed by atoms with E-state index in [-0.39, 0.29) is 17.0 Å². The zero-order chi connectivity index (χ0) is 19.4. The first-order valence-corrected chi connectivity index (χ1v) is 7.10. The summed E-state index contributed by atoms with van der Waals surface area (Å²) in [6.45, 7) is 0. The van der Waals surface area contributed by atoms with E-state index in [1.807, 2.05) is 0 Å². The Morgan fingerprint density at radius 2 is 1.77 bits per heavy atom. The number of ketones is 2. The summed E-state index contributed by atoms with van der Waals surface area (Å²) in [5, 5.41) is 31.6. The molecule has 0 amide bonds. The second-order valence-corrected chi connectivity index (χ2v) is 5.13. The maximum Gasteiger partial charge on any atom is 0.315 e. The van der Waals surface area contributed by atoms with Crippen molar-refractivity contribution in [3.63, 3.8) is 0 Å². The molecule has 0 atom stereocenters. The number of ether oxygens (including phenoxy) is 1. The number of nitrogens with zero attached hydrogens (tertiary/aromatic N) is 2. The van der Waals surface area contributed by atoms with Crippen molar-refractivity contribution in [1.29, 1.82) is 0 Å². The van der Waals surface area contributed by atoms with Gasteiger partial charge in [0.1, 0.15) is 5.75 Å². The van der Waals surface area contributed by atoms with Gasteiger partial charge in [-0.05, 0) is 6.07 Å². The summed E-state index contributed by atoms with van der Waals surface area (Å²) in [6.07, 6.45) is -0.737. The van der Waals surface area contributed by atoms with Gasteiger partial charge in [-0.1, -0.05) is 12.1 Å². The van der Waals surface area contributed by atoms with E-state index in [4.69, 9.17) is 4.74 Å². The maximum absolute atomic E-state index is 12.3. The highest BCUT2D eigenvalue weighted by molar-refractivity contribution is 6.15. The highest BCUT2D eigenvalue weighted by Crippen LogP contribution is 2.35. The lowest BCUT2D eigenvalue weighted by atomic mass is 10.00. The number of phenolic OH excluding ortho intramolecular Hbond substituents is 1. The number of hydrogen-bond donors (Lipinski definition) is 1. The molecule has 2 aromatic rings. The molecule has 0 saturated heterocycles. The molecular formula is C16H12N2O8. The molecule has 134 valence electrons. The molecule has 0 unspecified atom stereocenters. The minimum Gasteiger partial charge on any atom is -0.502 e. The van der Waals surface area contributed by atoms with E-state index in [0.717, 1.165) is 18.2 Å². The number of phenols is 1. The van der Waals surface area contributed by atoms with Crippen molar-refractivity contribution in [2.45, 2.75) is 6.42 Å². The molecule has 2 rings (SSSR count). The third-order valence-electron chi connectivity index (χ3n) is 3.50. The lowest BCUT2D eigenvalue weighted by molar-refractivity contribution is -0.386. The van der Waals surface area contributed by atoms with Crippen molar-refractivity contribution in [2.75, 3.05) is 7.11 Å². The third kappa shape index (κ3) is 3.80. The van der Waals surface area contributed by atoms with Crippen LogP contribution in [0.3, 0.4) is 0 Å². The van der Waals surface area contributed by atoms with Crippen molar-refractivity contribution < 1.29 is 29.3 Å². The molecule has 1 N–H and O–H groups in total. The van der Waals surface area contributed by atoms with Crippen LogP contribution in [0.15, 0.2) is 36.4 Å². The van der Waals surface area contributed by atoms with Gasteiger partial charge < -0.3 is 9.84 Å². The maximum atomic E-state index is 12.3. The first-order valence-electron chi connectivity index (χ1n) is 7.10. The Bertz CT molecular complexity index is 922. The van der Waals surface area contributed by atoms with Crippen LogP contribution < -0.4 is 4.74 Å². The lowest BCUT2D eigenvalue weighted by Crippen LogP contribution is -2.10. The fraction of sp³-hybridized carbons (Fsp3) is 0.125. The van der Waals surface area contributed by atoms with E-state index in [9.17, 15) is 34.9 Å². The number of carbonyl (C=O) groups is 2. The van der Waals surface area contributed by atoms with Gasteiger partial charge in [0, 0.05) is 17.7 Å². The van der Waals surface area contributed by atoms with E-state index in [0.29, 0.717) is 0 Å². The van der Waals surface area contributed by atoms with Gasteiger partial charge in [-0.3, -0.25) is 29.8 Å². The largest absolute Gasteiger partial charge is 0.502 e. The normalized spacial score (nSPS) is 10.2. The zero-order valence-corrected chi connectivity index (χ0v) is 13.4.